The average molecular weight is 272 g/mol. The molecule has 0 unspecified atom stereocenters. The number of nitrogen functional groups attached to an aromatic ring is 1. The predicted octanol–water partition coefficient (Wildman–Crippen LogP) is 2.20. The van der Waals surface area contributed by atoms with Crippen molar-refractivity contribution in [1.29, 1.82) is 0 Å². The number of carbonyl (C=O) groups is 1. The van der Waals surface area contributed by atoms with Crippen LogP contribution in [0.4, 0.5) is 27.8 Å². The van der Waals surface area contributed by atoms with Gasteiger partial charge in [0.05, 0.1) is 0 Å². The molecular formula is C8H5F5N2O3. The number of anilines is 1. The van der Waals surface area contributed by atoms with Crippen LogP contribution in [0.3, 0.4) is 0 Å². The summed E-state index contributed by atoms with van der Waals surface area (Å²) < 4.78 is 63.9. The van der Waals surface area contributed by atoms with Gasteiger partial charge in [-0.15, -0.1) is 13.2 Å². The molecule has 0 fully saturated rings. The van der Waals surface area contributed by atoms with Crippen molar-refractivity contribution in [2.24, 2.45) is 0 Å². The number of aromatic nitrogens is 1. The lowest BCUT2D eigenvalue weighted by Gasteiger charge is -2.13. The number of hydrogen-bond acceptors (Lipinski definition) is 4. The highest BCUT2D eigenvalue weighted by atomic mass is 19.4. The topological polar surface area (TPSA) is 85.4 Å². The molecule has 1 aromatic rings. The summed E-state index contributed by atoms with van der Waals surface area (Å²) in [5.41, 5.74) is 2.79. The van der Waals surface area contributed by atoms with Gasteiger partial charge in [0.2, 0.25) is 0 Å². The summed E-state index contributed by atoms with van der Waals surface area (Å²) in [6.07, 6.45) is -8.65. The van der Waals surface area contributed by atoms with E-state index in [1.165, 1.54) is 0 Å². The second-order valence-electron chi connectivity index (χ2n) is 2.96. The first-order valence-corrected chi connectivity index (χ1v) is 4.19. The zero-order valence-electron chi connectivity index (χ0n) is 8.33. The molecule has 0 saturated heterocycles. The van der Waals surface area contributed by atoms with Gasteiger partial charge in [-0.2, -0.15) is 0 Å². The Balaban J connectivity index is 3.35. The van der Waals surface area contributed by atoms with Crippen molar-refractivity contribution in [3.8, 4) is 5.75 Å². The molecule has 100 valence electrons. The van der Waals surface area contributed by atoms with Gasteiger partial charge < -0.3 is 15.6 Å². The van der Waals surface area contributed by atoms with Crippen LogP contribution >= 0.6 is 0 Å². The van der Waals surface area contributed by atoms with Crippen LogP contribution in [0.5, 0.6) is 5.75 Å². The van der Waals surface area contributed by atoms with Crippen molar-refractivity contribution in [1.82, 2.24) is 4.98 Å². The van der Waals surface area contributed by atoms with E-state index < -0.39 is 41.6 Å². The van der Waals surface area contributed by atoms with Crippen LogP contribution in [0.25, 0.3) is 0 Å². The van der Waals surface area contributed by atoms with Crippen molar-refractivity contribution >= 4 is 11.8 Å². The minimum Gasteiger partial charge on any atom is -0.478 e. The molecule has 0 atom stereocenters. The maximum atomic E-state index is 12.4. The van der Waals surface area contributed by atoms with E-state index in [0.29, 0.717) is 0 Å². The fourth-order valence-electron chi connectivity index (χ4n) is 1.06. The molecule has 10 heteroatoms. The maximum absolute atomic E-state index is 12.4. The van der Waals surface area contributed by atoms with E-state index in [-0.39, 0.29) is 6.07 Å². The number of alkyl halides is 5. The SMILES string of the molecule is Nc1nc(C(F)F)c(OC(F)(F)F)cc1C(=O)O. The third-order valence-electron chi connectivity index (χ3n) is 1.71. The van der Waals surface area contributed by atoms with Crippen molar-refractivity contribution in [3.05, 3.63) is 17.3 Å². The van der Waals surface area contributed by atoms with E-state index in [0.717, 1.165) is 0 Å². The highest BCUT2D eigenvalue weighted by molar-refractivity contribution is 5.93. The molecule has 5 nitrogen and oxygen atoms in total. The summed E-state index contributed by atoms with van der Waals surface area (Å²) in [4.78, 5) is 13.5. The monoisotopic (exact) mass is 272 g/mol. The molecule has 0 aliphatic rings. The molecule has 0 bridgehead atoms. The van der Waals surface area contributed by atoms with E-state index in [1.54, 1.807) is 0 Å². The van der Waals surface area contributed by atoms with E-state index in [1.807, 2.05) is 0 Å². The number of pyridine rings is 1. The van der Waals surface area contributed by atoms with E-state index >= 15 is 0 Å². The Morgan fingerprint density at radius 3 is 2.39 bits per heavy atom. The van der Waals surface area contributed by atoms with E-state index in [9.17, 15) is 26.7 Å². The molecule has 0 saturated carbocycles. The number of hydrogen-bond donors (Lipinski definition) is 2. The molecule has 0 aliphatic heterocycles. The van der Waals surface area contributed by atoms with Gasteiger partial charge in [0.25, 0.3) is 6.43 Å². The van der Waals surface area contributed by atoms with Gasteiger partial charge in [0.15, 0.2) is 11.4 Å². The van der Waals surface area contributed by atoms with Gasteiger partial charge >= 0.3 is 12.3 Å². The summed E-state index contributed by atoms with van der Waals surface area (Å²) in [5.74, 6) is -3.94. The minimum absolute atomic E-state index is 0.250. The van der Waals surface area contributed by atoms with Crippen LogP contribution in [-0.4, -0.2) is 22.4 Å². The molecule has 0 spiro atoms. The Bertz CT molecular complexity index is 475. The molecule has 1 aromatic heterocycles. The number of rotatable bonds is 3. The number of ether oxygens (including phenoxy) is 1. The lowest BCUT2D eigenvalue weighted by molar-refractivity contribution is -0.275. The van der Waals surface area contributed by atoms with Crippen molar-refractivity contribution in [2.45, 2.75) is 12.8 Å². The Morgan fingerprint density at radius 1 is 1.44 bits per heavy atom. The molecule has 0 amide bonds. The Kier molecular flexibility index (Phi) is 3.58. The fourth-order valence-corrected chi connectivity index (χ4v) is 1.06. The Labute approximate surface area is 96.0 Å². The number of carboxylic acids is 1. The second kappa shape index (κ2) is 4.63. The summed E-state index contributed by atoms with van der Waals surface area (Å²) in [6.45, 7) is 0. The first-order valence-electron chi connectivity index (χ1n) is 4.19. The number of carboxylic acid groups (broad SMARTS) is 1. The fraction of sp³-hybridized carbons (Fsp3) is 0.250. The largest absolute Gasteiger partial charge is 0.573 e. The maximum Gasteiger partial charge on any atom is 0.573 e. The van der Waals surface area contributed by atoms with Crippen LogP contribution in [0, 0.1) is 0 Å². The van der Waals surface area contributed by atoms with Crippen molar-refractivity contribution in [2.75, 3.05) is 5.73 Å². The normalized spacial score (nSPS) is 11.7. The molecule has 0 aliphatic carbocycles. The molecule has 0 radical (unpaired) electrons. The van der Waals surface area contributed by atoms with E-state index in [4.69, 9.17) is 10.8 Å². The standard InChI is InChI=1S/C8H5F5N2O3/c9-5(10)4-3(18-8(11,12)13)1-2(7(16)17)6(14)15-4/h1,5H,(H2,14,15)(H,16,17). The van der Waals surface area contributed by atoms with Crippen LogP contribution in [0.1, 0.15) is 22.5 Å². The van der Waals surface area contributed by atoms with Gasteiger partial charge in [0, 0.05) is 6.07 Å². The predicted molar refractivity (Wildman–Crippen MR) is 47.2 cm³/mol. The number of nitrogens with zero attached hydrogens (tertiary/aromatic N) is 1. The van der Waals surface area contributed by atoms with Crippen LogP contribution in [-0.2, 0) is 0 Å². The van der Waals surface area contributed by atoms with Crippen molar-refractivity contribution < 1.29 is 36.6 Å². The minimum atomic E-state index is -5.25. The van der Waals surface area contributed by atoms with Crippen LogP contribution in [0.15, 0.2) is 6.07 Å². The van der Waals surface area contributed by atoms with Gasteiger partial charge in [-0.1, -0.05) is 0 Å². The highest BCUT2D eigenvalue weighted by Gasteiger charge is 2.34. The highest BCUT2D eigenvalue weighted by Crippen LogP contribution is 2.33. The molecule has 1 heterocycles. The summed E-state index contributed by atoms with van der Waals surface area (Å²) in [6, 6.07) is 0.250. The lowest BCUT2D eigenvalue weighted by Crippen LogP contribution is -2.20. The summed E-state index contributed by atoms with van der Waals surface area (Å²) in [7, 11) is 0. The number of nitrogens with two attached hydrogens (primary N) is 1. The average Bonchev–Trinajstić information content (AvgIpc) is 2.17. The third kappa shape index (κ3) is 3.18. The smallest absolute Gasteiger partial charge is 0.478 e. The van der Waals surface area contributed by atoms with Gasteiger partial charge in [-0.25, -0.2) is 18.6 Å². The van der Waals surface area contributed by atoms with E-state index in [2.05, 4.69) is 9.72 Å². The number of aromatic carboxylic acids is 1. The molecular weight excluding hydrogens is 267 g/mol. The number of halogens is 5. The van der Waals surface area contributed by atoms with Gasteiger partial charge in [0.1, 0.15) is 11.4 Å². The van der Waals surface area contributed by atoms with Crippen molar-refractivity contribution in [3.63, 3.8) is 0 Å². The van der Waals surface area contributed by atoms with Crippen LogP contribution in [0.2, 0.25) is 0 Å². The van der Waals surface area contributed by atoms with Gasteiger partial charge in [-0.3, -0.25) is 0 Å². The Hall–Kier alpha value is -2.13. The third-order valence-corrected chi connectivity index (χ3v) is 1.71. The molecule has 3 N–H and O–H groups in total. The second-order valence-corrected chi connectivity index (χ2v) is 2.96. The summed E-state index contributed by atoms with van der Waals surface area (Å²) >= 11 is 0. The first-order chi connectivity index (χ1) is 8.11. The summed E-state index contributed by atoms with van der Waals surface area (Å²) in [5, 5.41) is 8.57. The molecule has 18 heavy (non-hydrogen) atoms. The molecule has 0 aromatic carbocycles. The zero-order chi connectivity index (χ0) is 14.1. The first kappa shape index (κ1) is 13.9. The van der Waals surface area contributed by atoms with Gasteiger partial charge in [-0.05, 0) is 0 Å². The van der Waals surface area contributed by atoms with Crippen LogP contribution < -0.4 is 10.5 Å². The lowest BCUT2D eigenvalue weighted by atomic mass is 10.2. The zero-order valence-corrected chi connectivity index (χ0v) is 8.33. The Morgan fingerprint density at radius 2 is 2.00 bits per heavy atom. The quantitative estimate of drug-likeness (QED) is 0.824. The molecule has 1 rings (SSSR count).